The van der Waals surface area contributed by atoms with Gasteiger partial charge in [0.25, 0.3) is 0 Å². The highest BCUT2D eigenvalue weighted by atomic mass is 16.6. The second kappa shape index (κ2) is 7.00. The smallest absolute Gasteiger partial charge is 0.333 e. The second-order valence-electron chi connectivity index (χ2n) is 8.15. The number of carbonyl (C=O) groups excluding carboxylic acids is 2. The van der Waals surface area contributed by atoms with E-state index in [1.54, 1.807) is 6.08 Å². The summed E-state index contributed by atoms with van der Waals surface area (Å²) < 4.78 is 5.78. The van der Waals surface area contributed by atoms with Crippen LogP contribution in [0.25, 0.3) is 0 Å². The van der Waals surface area contributed by atoms with Gasteiger partial charge in [-0.2, -0.15) is 0 Å². The van der Waals surface area contributed by atoms with Crippen molar-refractivity contribution in [3.8, 4) is 0 Å². The van der Waals surface area contributed by atoms with Gasteiger partial charge in [-0.1, -0.05) is 6.42 Å². The molecular weight excluding hydrogens is 316 g/mol. The Morgan fingerprint density at radius 2 is 1.60 bits per heavy atom. The molecular formula is C20H30N2O3. The first kappa shape index (κ1) is 16.9. The summed E-state index contributed by atoms with van der Waals surface area (Å²) in [5.41, 5.74) is 0.736. The third-order valence-electron chi connectivity index (χ3n) is 6.53. The number of piperidine rings is 2. The maximum absolute atomic E-state index is 12.7. The Kier molecular flexibility index (Phi) is 4.74. The fraction of sp³-hybridized carbons (Fsp3) is 0.800. The summed E-state index contributed by atoms with van der Waals surface area (Å²) in [5, 5.41) is 0. The van der Waals surface area contributed by atoms with E-state index < -0.39 is 0 Å². The molecule has 4 aliphatic rings. The quantitative estimate of drug-likeness (QED) is 0.722. The molecule has 0 N–H and O–H groups in total. The van der Waals surface area contributed by atoms with Gasteiger partial charge in [-0.05, 0) is 57.8 Å². The Morgan fingerprint density at radius 1 is 0.960 bits per heavy atom. The molecule has 4 rings (SSSR count). The third-order valence-corrected chi connectivity index (χ3v) is 6.53. The first-order valence-corrected chi connectivity index (χ1v) is 10.2. The van der Waals surface area contributed by atoms with Crippen molar-refractivity contribution in [1.82, 2.24) is 9.80 Å². The van der Waals surface area contributed by atoms with Gasteiger partial charge in [-0.25, -0.2) is 4.79 Å². The molecule has 0 aromatic carbocycles. The summed E-state index contributed by atoms with van der Waals surface area (Å²) in [6.45, 7) is 3.62. The van der Waals surface area contributed by atoms with Gasteiger partial charge < -0.3 is 14.5 Å². The maximum Gasteiger partial charge on any atom is 0.333 e. The van der Waals surface area contributed by atoms with Gasteiger partial charge in [0.05, 0.1) is 5.70 Å². The van der Waals surface area contributed by atoms with Crippen LogP contribution in [0.5, 0.6) is 0 Å². The molecule has 0 radical (unpaired) electrons. The van der Waals surface area contributed by atoms with Crippen molar-refractivity contribution in [2.45, 2.75) is 69.8 Å². The lowest BCUT2D eigenvalue weighted by molar-refractivity contribution is -0.149. The highest BCUT2D eigenvalue weighted by Gasteiger charge is 2.47. The van der Waals surface area contributed by atoms with Crippen LogP contribution in [0.1, 0.15) is 64.2 Å². The average Bonchev–Trinajstić information content (AvgIpc) is 2.98. The zero-order valence-corrected chi connectivity index (χ0v) is 15.2. The Balaban J connectivity index is 1.38. The van der Waals surface area contributed by atoms with Crippen LogP contribution < -0.4 is 0 Å². The number of likely N-dealkylation sites (tertiary alicyclic amines) is 2. The van der Waals surface area contributed by atoms with Crippen molar-refractivity contribution >= 4 is 11.9 Å². The molecule has 1 amide bonds. The van der Waals surface area contributed by atoms with Crippen LogP contribution in [0, 0.1) is 5.92 Å². The first-order valence-electron chi connectivity index (χ1n) is 10.2. The summed E-state index contributed by atoms with van der Waals surface area (Å²) in [6.07, 6.45) is 12.5. The monoisotopic (exact) mass is 346 g/mol. The number of hydrogen-bond donors (Lipinski definition) is 0. The predicted octanol–water partition coefficient (Wildman–Crippen LogP) is 2.85. The van der Waals surface area contributed by atoms with E-state index in [4.69, 9.17) is 4.74 Å². The molecule has 138 valence electrons. The molecule has 5 heteroatoms. The molecule has 3 fully saturated rings. The summed E-state index contributed by atoms with van der Waals surface area (Å²) in [4.78, 5) is 29.1. The van der Waals surface area contributed by atoms with Crippen molar-refractivity contribution < 1.29 is 14.3 Å². The minimum atomic E-state index is -0.362. The zero-order chi connectivity index (χ0) is 17.3. The number of amides is 1. The van der Waals surface area contributed by atoms with E-state index >= 15 is 0 Å². The molecule has 0 aromatic heterocycles. The molecule has 0 bridgehead atoms. The van der Waals surface area contributed by atoms with Crippen molar-refractivity contribution in [1.29, 1.82) is 0 Å². The van der Waals surface area contributed by atoms with Crippen molar-refractivity contribution in [3.63, 3.8) is 0 Å². The normalized spacial score (nSPS) is 27.4. The van der Waals surface area contributed by atoms with Gasteiger partial charge in [-0.3, -0.25) is 4.79 Å². The number of nitrogens with zero attached hydrogens (tertiary/aromatic N) is 2. The topological polar surface area (TPSA) is 49.9 Å². The Morgan fingerprint density at radius 3 is 2.28 bits per heavy atom. The lowest BCUT2D eigenvalue weighted by Gasteiger charge is -2.43. The second-order valence-corrected chi connectivity index (χ2v) is 8.15. The minimum Gasteiger partial charge on any atom is -0.449 e. The largest absolute Gasteiger partial charge is 0.449 e. The van der Waals surface area contributed by atoms with E-state index in [9.17, 15) is 9.59 Å². The molecule has 0 atom stereocenters. The van der Waals surface area contributed by atoms with Gasteiger partial charge in [0, 0.05) is 38.2 Å². The standard InChI is InChI=1S/C20H30N2O3/c23-18-15-17(20(25-18)9-3-1-4-10-20)21-13-7-16(8-14-21)19(24)22-11-5-2-6-12-22/h15-16H,1-14H2. The molecule has 3 heterocycles. The number of rotatable bonds is 2. The van der Waals surface area contributed by atoms with E-state index in [0.29, 0.717) is 5.91 Å². The van der Waals surface area contributed by atoms with Gasteiger partial charge in [0.2, 0.25) is 5.91 Å². The maximum atomic E-state index is 12.7. The fourth-order valence-corrected chi connectivity index (χ4v) is 5.12. The van der Waals surface area contributed by atoms with Crippen LogP contribution in [0.15, 0.2) is 11.8 Å². The van der Waals surface area contributed by atoms with Gasteiger partial charge in [0.15, 0.2) is 5.60 Å². The van der Waals surface area contributed by atoms with E-state index in [1.807, 2.05) is 0 Å². The summed E-state index contributed by atoms with van der Waals surface area (Å²) in [7, 11) is 0. The van der Waals surface area contributed by atoms with E-state index in [0.717, 1.165) is 83.2 Å². The molecule has 3 aliphatic heterocycles. The molecule has 0 aromatic rings. The molecule has 0 unspecified atom stereocenters. The number of esters is 1. The molecule has 5 nitrogen and oxygen atoms in total. The SMILES string of the molecule is O=C1C=C(N2CCC(C(=O)N3CCCCC3)CC2)C2(CCCCC2)O1. The molecule has 1 aliphatic carbocycles. The van der Waals surface area contributed by atoms with Gasteiger partial charge in [-0.15, -0.1) is 0 Å². The number of hydrogen-bond acceptors (Lipinski definition) is 4. The lowest BCUT2D eigenvalue weighted by atomic mass is 9.81. The van der Waals surface area contributed by atoms with Gasteiger partial charge >= 0.3 is 5.97 Å². The molecule has 2 saturated heterocycles. The summed E-state index contributed by atoms with van der Waals surface area (Å²) >= 11 is 0. The van der Waals surface area contributed by atoms with Crippen LogP contribution in [-0.4, -0.2) is 53.5 Å². The molecule has 25 heavy (non-hydrogen) atoms. The van der Waals surface area contributed by atoms with Crippen LogP contribution in [-0.2, 0) is 14.3 Å². The highest BCUT2D eigenvalue weighted by Crippen LogP contribution is 2.43. The van der Waals surface area contributed by atoms with Crippen LogP contribution in [0.2, 0.25) is 0 Å². The lowest BCUT2D eigenvalue weighted by Crippen LogP contribution is -2.47. The average molecular weight is 346 g/mol. The van der Waals surface area contributed by atoms with Crippen LogP contribution in [0.3, 0.4) is 0 Å². The first-order chi connectivity index (χ1) is 12.2. The van der Waals surface area contributed by atoms with E-state index in [1.165, 1.54) is 12.8 Å². The number of carbonyl (C=O) groups is 2. The molecule has 1 spiro atoms. The summed E-state index contributed by atoms with van der Waals surface area (Å²) in [5.74, 6) is 0.346. The fourth-order valence-electron chi connectivity index (χ4n) is 5.12. The van der Waals surface area contributed by atoms with Crippen molar-refractivity contribution in [2.75, 3.05) is 26.2 Å². The third kappa shape index (κ3) is 3.30. The highest BCUT2D eigenvalue weighted by molar-refractivity contribution is 5.86. The zero-order valence-electron chi connectivity index (χ0n) is 15.2. The Bertz CT molecular complexity index is 551. The van der Waals surface area contributed by atoms with Crippen LogP contribution in [0.4, 0.5) is 0 Å². The summed E-state index contributed by atoms with van der Waals surface area (Å²) in [6, 6.07) is 0. The Hall–Kier alpha value is -1.52. The van der Waals surface area contributed by atoms with Gasteiger partial charge in [0.1, 0.15) is 0 Å². The van der Waals surface area contributed by atoms with Crippen molar-refractivity contribution in [3.05, 3.63) is 11.8 Å². The Labute approximate surface area is 150 Å². The van der Waals surface area contributed by atoms with Crippen molar-refractivity contribution in [2.24, 2.45) is 5.92 Å². The molecule has 1 saturated carbocycles. The predicted molar refractivity (Wildman–Crippen MR) is 94.7 cm³/mol. The van der Waals surface area contributed by atoms with E-state index in [2.05, 4.69) is 9.80 Å². The minimum absolute atomic E-state index is 0.162. The number of ether oxygens (including phenoxy) is 1. The van der Waals surface area contributed by atoms with E-state index in [-0.39, 0.29) is 17.5 Å². The van der Waals surface area contributed by atoms with Crippen LogP contribution >= 0.6 is 0 Å².